The molecule has 0 spiro atoms. The number of carbonyl (C=O) groups is 1. The lowest BCUT2D eigenvalue weighted by Gasteiger charge is -2.23. The van der Waals surface area contributed by atoms with E-state index in [2.05, 4.69) is 15.2 Å². The molecule has 0 unspecified atom stereocenters. The normalized spacial score (nSPS) is 16.7. The zero-order valence-corrected chi connectivity index (χ0v) is 16.3. The van der Waals surface area contributed by atoms with E-state index in [-0.39, 0.29) is 17.6 Å². The quantitative estimate of drug-likeness (QED) is 0.387. The molecule has 3 heterocycles. The minimum Gasteiger partial charge on any atom is -0.485 e. The maximum atomic E-state index is 12.9. The highest BCUT2D eigenvalue weighted by molar-refractivity contribution is 8.00. The number of aromatic amines is 1. The third-order valence-corrected chi connectivity index (χ3v) is 5.64. The molecule has 1 aliphatic rings. The summed E-state index contributed by atoms with van der Waals surface area (Å²) in [5, 5.41) is 8.99. The summed E-state index contributed by atoms with van der Waals surface area (Å²) < 4.78 is 17.3. The van der Waals surface area contributed by atoms with Crippen LogP contribution in [0.2, 0.25) is 0 Å². The first-order valence-corrected chi connectivity index (χ1v) is 10.1. The Labute approximate surface area is 170 Å². The Kier molecular flexibility index (Phi) is 4.48. The molecule has 0 fully saturated rings. The van der Waals surface area contributed by atoms with E-state index in [1.165, 1.54) is 11.8 Å². The highest BCUT2D eigenvalue weighted by Gasteiger charge is 2.28. The number of Topliss-reactive ketones (excluding diaryl/α,β-unsaturated/α-hetero) is 1. The van der Waals surface area contributed by atoms with Gasteiger partial charge >= 0.3 is 0 Å². The summed E-state index contributed by atoms with van der Waals surface area (Å²) in [4.78, 5) is 16.0. The molecule has 0 aliphatic carbocycles. The third kappa shape index (κ3) is 3.36. The molecule has 4 aromatic rings. The lowest BCUT2D eigenvalue weighted by Crippen LogP contribution is -2.21. The molecule has 0 saturated heterocycles. The van der Waals surface area contributed by atoms with E-state index >= 15 is 0 Å². The first kappa shape index (κ1) is 17.8. The first-order chi connectivity index (χ1) is 14.2. The van der Waals surface area contributed by atoms with Gasteiger partial charge in [-0.1, -0.05) is 42.1 Å². The van der Waals surface area contributed by atoms with Crippen molar-refractivity contribution in [3.63, 3.8) is 0 Å². The van der Waals surface area contributed by atoms with Crippen molar-refractivity contribution >= 4 is 28.4 Å². The second kappa shape index (κ2) is 7.29. The number of carbonyl (C=O) groups excluding carboxylic acids is 1. The SMILES string of the molecule is C[C@@H](Sc1nnc([C@H]2COc3ccccc3O2)o1)C(=O)c1c[nH]c2ccccc12. The van der Waals surface area contributed by atoms with Gasteiger partial charge in [0.1, 0.15) is 6.61 Å². The Balaban J connectivity index is 1.29. The minimum absolute atomic E-state index is 0.00150. The number of hydrogen-bond donors (Lipinski definition) is 1. The second-order valence-electron chi connectivity index (χ2n) is 6.64. The van der Waals surface area contributed by atoms with Crippen molar-refractivity contribution in [2.24, 2.45) is 0 Å². The number of hydrogen-bond acceptors (Lipinski definition) is 7. The van der Waals surface area contributed by atoms with Gasteiger partial charge < -0.3 is 18.9 Å². The van der Waals surface area contributed by atoms with Crippen LogP contribution in [0.5, 0.6) is 11.5 Å². The predicted molar refractivity (Wildman–Crippen MR) is 108 cm³/mol. The molecular formula is C21H17N3O4S. The van der Waals surface area contributed by atoms with Crippen LogP contribution in [0.1, 0.15) is 29.3 Å². The minimum atomic E-state index is -0.480. The van der Waals surface area contributed by atoms with Crippen molar-refractivity contribution in [2.45, 2.75) is 23.5 Å². The summed E-state index contributed by atoms with van der Waals surface area (Å²) in [5.74, 6) is 1.65. The molecule has 29 heavy (non-hydrogen) atoms. The van der Waals surface area contributed by atoms with Crippen molar-refractivity contribution in [3.05, 3.63) is 66.2 Å². The van der Waals surface area contributed by atoms with E-state index in [0.717, 1.165) is 10.9 Å². The molecule has 0 radical (unpaired) electrons. The van der Waals surface area contributed by atoms with Gasteiger partial charge in [0.05, 0.1) is 5.25 Å². The van der Waals surface area contributed by atoms with Crippen LogP contribution in [-0.4, -0.2) is 32.8 Å². The van der Waals surface area contributed by atoms with E-state index in [9.17, 15) is 4.79 Å². The van der Waals surface area contributed by atoms with Crippen molar-refractivity contribution in [2.75, 3.05) is 6.61 Å². The van der Waals surface area contributed by atoms with Crippen molar-refractivity contribution in [3.8, 4) is 11.5 Å². The van der Waals surface area contributed by atoms with Gasteiger partial charge in [0.25, 0.3) is 11.1 Å². The van der Waals surface area contributed by atoms with Crippen LogP contribution in [-0.2, 0) is 0 Å². The molecule has 146 valence electrons. The lowest BCUT2D eigenvalue weighted by atomic mass is 10.1. The Hall–Kier alpha value is -3.26. The number of ether oxygens (including phenoxy) is 2. The van der Waals surface area contributed by atoms with Crippen LogP contribution in [0.3, 0.4) is 0 Å². The van der Waals surface area contributed by atoms with E-state index in [1.807, 2.05) is 55.5 Å². The fourth-order valence-electron chi connectivity index (χ4n) is 3.24. The Bertz CT molecular complexity index is 1190. The molecule has 2 atom stereocenters. The lowest BCUT2D eigenvalue weighted by molar-refractivity contribution is 0.0686. The van der Waals surface area contributed by atoms with Crippen LogP contribution >= 0.6 is 11.8 Å². The van der Waals surface area contributed by atoms with Crippen LogP contribution < -0.4 is 9.47 Å². The average Bonchev–Trinajstić information content (AvgIpc) is 3.40. The van der Waals surface area contributed by atoms with Gasteiger partial charge in [-0.3, -0.25) is 4.79 Å². The molecule has 2 aromatic carbocycles. The summed E-state index contributed by atoms with van der Waals surface area (Å²) in [6.45, 7) is 2.11. The maximum Gasteiger partial charge on any atom is 0.277 e. The number of ketones is 1. The van der Waals surface area contributed by atoms with E-state index in [4.69, 9.17) is 13.9 Å². The topological polar surface area (TPSA) is 90.2 Å². The summed E-state index contributed by atoms with van der Waals surface area (Å²) in [5.41, 5.74) is 1.59. The summed E-state index contributed by atoms with van der Waals surface area (Å²) >= 11 is 1.23. The monoisotopic (exact) mass is 407 g/mol. The Morgan fingerprint density at radius 3 is 2.83 bits per heavy atom. The van der Waals surface area contributed by atoms with Gasteiger partial charge in [-0.25, -0.2) is 0 Å². The summed E-state index contributed by atoms with van der Waals surface area (Å²) in [6, 6.07) is 15.2. The van der Waals surface area contributed by atoms with E-state index in [0.29, 0.717) is 28.2 Å². The fraction of sp³-hybridized carbons (Fsp3) is 0.190. The highest BCUT2D eigenvalue weighted by atomic mass is 32.2. The van der Waals surface area contributed by atoms with Gasteiger partial charge in [-0.2, -0.15) is 0 Å². The van der Waals surface area contributed by atoms with Gasteiger partial charge in [0, 0.05) is 22.7 Å². The molecule has 0 amide bonds. The van der Waals surface area contributed by atoms with Crippen molar-refractivity contribution < 1.29 is 18.7 Å². The Morgan fingerprint density at radius 2 is 1.93 bits per heavy atom. The first-order valence-electron chi connectivity index (χ1n) is 9.18. The number of thioether (sulfide) groups is 1. The highest BCUT2D eigenvalue weighted by Crippen LogP contribution is 2.36. The number of para-hydroxylation sites is 3. The molecule has 8 heteroatoms. The molecule has 1 aliphatic heterocycles. The molecular weight excluding hydrogens is 390 g/mol. The smallest absolute Gasteiger partial charge is 0.277 e. The van der Waals surface area contributed by atoms with E-state index in [1.54, 1.807) is 6.20 Å². The van der Waals surface area contributed by atoms with Crippen LogP contribution in [0.4, 0.5) is 0 Å². The number of nitrogens with zero attached hydrogens (tertiary/aromatic N) is 2. The zero-order chi connectivity index (χ0) is 19.8. The number of nitrogens with one attached hydrogen (secondary N) is 1. The fourth-order valence-corrected chi connectivity index (χ4v) is 4.00. The molecule has 1 N–H and O–H groups in total. The van der Waals surface area contributed by atoms with Gasteiger partial charge in [-0.15, -0.1) is 10.2 Å². The number of benzene rings is 2. The van der Waals surface area contributed by atoms with Gasteiger partial charge in [0.15, 0.2) is 17.3 Å². The largest absolute Gasteiger partial charge is 0.485 e. The van der Waals surface area contributed by atoms with Crippen LogP contribution in [0.25, 0.3) is 10.9 Å². The zero-order valence-electron chi connectivity index (χ0n) is 15.5. The number of H-pyrrole nitrogens is 1. The summed E-state index contributed by atoms with van der Waals surface area (Å²) in [6.07, 6.45) is 1.26. The van der Waals surface area contributed by atoms with Crippen molar-refractivity contribution in [1.82, 2.24) is 15.2 Å². The average molecular weight is 407 g/mol. The van der Waals surface area contributed by atoms with Gasteiger partial charge in [-0.05, 0) is 25.1 Å². The summed E-state index contributed by atoms with van der Waals surface area (Å²) in [7, 11) is 0. The molecule has 2 aromatic heterocycles. The van der Waals surface area contributed by atoms with Crippen LogP contribution in [0, 0.1) is 0 Å². The van der Waals surface area contributed by atoms with Crippen LogP contribution in [0.15, 0.2) is 64.4 Å². The number of aromatic nitrogens is 3. The Morgan fingerprint density at radius 1 is 1.14 bits per heavy atom. The molecule has 0 bridgehead atoms. The number of rotatable bonds is 5. The molecule has 7 nitrogen and oxygen atoms in total. The van der Waals surface area contributed by atoms with E-state index < -0.39 is 6.10 Å². The predicted octanol–water partition coefficient (Wildman–Crippen LogP) is 4.43. The van der Waals surface area contributed by atoms with Crippen molar-refractivity contribution in [1.29, 1.82) is 0 Å². The van der Waals surface area contributed by atoms with Gasteiger partial charge in [0.2, 0.25) is 6.10 Å². The number of fused-ring (bicyclic) bond motifs is 2. The molecule has 0 saturated carbocycles. The third-order valence-electron chi connectivity index (χ3n) is 4.71. The molecule has 5 rings (SSSR count). The standard InChI is InChI=1S/C21H17N3O4S/c1-12(19(25)14-10-22-15-7-3-2-6-13(14)15)29-21-24-23-20(28-21)18-11-26-16-8-4-5-9-17(16)27-18/h2-10,12,18,22H,11H2,1H3/t12-,18-/m1/s1. The maximum absolute atomic E-state index is 12.9. The second-order valence-corrected chi connectivity index (χ2v) is 7.93.